The number of rotatable bonds is 5. The fourth-order valence-electron chi connectivity index (χ4n) is 1.66. The number of nitrogens with zero attached hydrogens (tertiary/aromatic N) is 1. The second-order valence-electron chi connectivity index (χ2n) is 4.60. The summed E-state index contributed by atoms with van der Waals surface area (Å²) < 4.78 is 0. The second-order valence-corrected chi connectivity index (χ2v) is 4.60. The minimum Gasteiger partial charge on any atom is -0.370 e. The highest BCUT2D eigenvalue weighted by atomic mass is 127. The first kappa shape index (κ1) is 18.7. The summed E-state index contributed by atoms with van der Waals surface area (Å²) in [7, 11) is 1.62. The van der Waals surface area contributed by atoms with E-state index >= 15 is 0 Å². The third-order valence-electron chi connectivity index (χ3n) is 2.54. The van der Waals surface area contributed by atoms with Crippen LogP contribution in [0.4, 0.5) is 0 Å². The van der Waals surface area contributed by atoms with E-state index in [0.717, 1.165) is 12.0 Å². The zero-order chi connectivity index (χ0) is 14.3. The largest absolute Gasteiger partial charge is 0.370 e. The van der Waals surface area contributed by atoms with Gasteiger partial charge in [0.05, 0.1) is 0 Å². The second kappa shape index (κ2) is 9.57. The van der Waals surface area contributed by atoms with Crippen molar-refractivity contribution in [2.75, 3.05) is 13.6 Å². The Morgan fingerprint density at radius 1 is 1.40 bits per heavy atom. The summed E-state index contributed by atoms with van der Waals surface area (Å²) in [4.78, 5) is 15.7. The zero-order valence-corrected chi connectivity index (χ0v) is 14.5. The summed E-state index contributed by atoms with van der Waals surface area (Å²) in [5.74, 6) is 0.379. The molecule has 0 heterocycles. The number of amides is 1. The van der Waals surface area contributed by atoms with Crippen molar-refractivity contribution in [1.29, 1.82) is 0 Å². The number of carbonyl (C=O) groups excluding carboxylic acids is 1. The Balaban J connectivity index is 0.00000361. The monoisotopic (exact) mass is 390 g/mol. The Labute approximate surface area is 137 Å². The van der Waals surface area contributed by atoms with Crippen LogP contribution in [0.3, 0.4) is 0 Å². The van der Waals surface area contributed by atoms with E-state index in [1.807, 2.05) is 32.0 Å². The molecule has 0 radical (unpaired) electrons. The highest BCUT2D eigenvalue weighted by Crippen LogP contribution is 2.06. The van der Waals surface area contributed by atoms with Crippen molar-refractivity contribution in [3.63, 3.8) is 0 Å². The smallest absolute Gasteiger partial charge is 0.251 e. The average Bonchev–Trinajstić information content (AvgIpc) is 2.37. The van der Waals surface area contributed by atoms with Gasteiger partial charge in [-0.15, -0.1) is 24.0 Å². The third kappa shape index (κ3) is 6.74. The van der Waals surface area contributed by atoms with E-state index in [9.17, 15) is 4.79 Å². The summed E-state index contributed by atoms with van der Waals surface area (Å²) in [6, 6.07) is 7.80. The van der Waals surface area contributed by atoms with E-state index in [2.05, 4.69) is 15.6 Å². The number of hydrogen-bond acceptors (Lipinski definition) is 2. The van der Waals surface area contributed by atoms with E-state index in [1.165, 1.54) is 0 Å². The lowest BCUT2D eigenvalue weighted by Crippen LogP contribution is -2.36. The van der Waals surface area contributed by atoms with Gasteiger partial charge in [-0.2, -0.15) is 0 Å². The Morgan fingerprint density at radius 3 is 2.70 bits per heavy atom. The van der Waals surface area contributed by atoms with Crippen molar-refractivity contribution in [3.8, 4) is 0 Å². The van der Waals surface area contributed by atoms with Gasteiger partial charge in [-0.25, -0.2) is 0 Å². The molecule has 1 rings (SSSR count). The number of hydrogen-bond donors (Lipinski definition) is 3. The molecule has 0 saturated carbocycles. The molecule has 1 aromatic rings. The summed E-state index contributed by atoms with van der Waals surface area (Å²) in [5, 5.41) is 5.64. The van der Waals surface area contributed by atoms with Gasteiger partial charge in [0.15, 0.2) is 5.96 Å². The summed E-state index contributed by atoms with van der Waals surface area (Å²) in [6.07, 6.45) is 0.755. The Hall–Kier alpha value is -1.31. The molecule has 20 heavy (non-hydrogen) atoms. The number of guanidine groups is 1. The molecule has 0 unspecified atom stereocenters. The Morgan fingerprint density at radius 2 is 2.10 bits per heavy atom. The molecule has 1 amide bonds. The molecule has 6 heteroatoms. The van der Waals surface area contributed by atoms with Crippen molar-refractivity contribution < 1.29 is 4.79 Å². The molecule has 0 bridgehead atoms. The van der Waals surface area contributed by atoms with E-state index in [-0.39, 0.29) is 35.9 Å². The topological polar surface area (TPSA) is 79.5 Å². The number of carbonyl (C=O) groups is 1. The van der Waals surface area contributed by atoms with Crippen LogP contribution in [0.25, 0.3) is 0 Å². The molecule has 1 aromatic carbocycles. The van der Waals surface area contributed by atoms with Crippen molar-refractivity contribution in [2.45, 2.75) is 26.3 Å². The van der Waals surface area contributed by atoms with Crippen molar-refractivity contribution in [3.05, 3.63) is 35.4 Å². The fourth-order valence-corrected chi connectivity index (χ4v) is 1.66. The molecule has 0 fully saturated rings. The quantitative estimate of drug-likeness (QED) is 0.405. The van der Waals surface area contributed by atoms with Gasteiger partial charge in [-0.3, -0.25) is 9.79 Å². The lowest BCUT2D eigenvalue weighted by molar-refractivity contribution is 0.0963. The van der Waals surface area contributed by atoms with Crippen molar-refractivity contribution in [1.82, 2.24) is 10.6 Å². The standard InChI is InChI=1S/C14H22N4O.HI/c1-10(2)18-14(15)17-8-7-11-5-4-6-12(9-11)13(19)16-3;/h4-6,9-10H,7-8H2,1-3H3,(H,16,19)(H3,15,17,18);1H. The van der Waals surface area contributed by atoms with Crippen LogP contribution in [-0.4, -0.2) is 31.5 Å². The van der Waals surface area contributed by atoms with Gasteiger partial charge in [0.2, 0.25) is 0 Å². The van der Waals surface area contributed by atoms with E-state index < -0.39 is 0 Å². The number of nitrogens with two attached hydrogens (primary N) is 1. The maximum atomic E-state index is 11.5. The molecule has 4 N–H and O–H groups in total. The number of aliphatic imine (C=N–C) groups is 1. The summed E-state index contributed by atoms with van der Waals surface area (Å²) >= 11 is 0. The predicted molar refractivity (Wildman–Crippen MR) is 93.7 cm³/mol. The molecule has 112 valence electrons. The summed E-state index contributed by atoms with van der Waals surface area (Å²) in [5.41, 5.74) is 7.45. The van der Waals surface area contributed by atoms with Crippen molar-refractivity contribution in [2.24, 2.45) is 10.7 Å². The van der Waals surface area contributed by atoms with Crippen LogP contribution in [0.1, 0.15) is 29.8 Å². The average molecular weight is 390 g/mol. The lowest BCUT2D eigenvalue weighted by atomic mass is 10.1. The van der Waals surface area contributed by atoms with E-state index in [0.29, 0.717) is 18.1 Å². The van der Waals surface area contributed by atoms with E-state index in [4.69, 9.17) is 5.73 Å². The first-order valence-corrected chi connectivity index (χ1v) is 6.40. The van der Waals surface area contributed by atoms with Gasteiger partial charge in [0.1, 0.15) is 0 Å². The Kier molecular flexibility index (Phi) is 8.94. The highest BCUT2D eigenvalue weighted by Gasteiger charge is 2.03. The van der Waals surface area contributed by atoms with Crippen LogP contribution >= 0.6 is 24.0 Å². The minimum atomic E-state index is -0.0775. The van der Waals surface area contributed by atoms with Crippen LogP contribution < -0.4 is 16.4 Å². The molecule has 0 aliphatic rings. The highest BCUT2D eigenvalue weighted by molar-refractivity contribution is 14.0. The normalized spacial score (nSPS) is 10.9. The maximum absolute atomic E-state index is 11.5. The molecule has 5 nitrogen and oxygen atoms in total. The first-order valence-electron chi connectivity index (χ1n) is 6.40. The van der Waals surface area contributed by atoms with Gasteiger partial charge in [0.25, 0.3) is 5.91 Å². The SMILES string of the molecule is CNC(=O)c1cccc(CCN=C(N)NC(C)C)c1.I. The molecule has 0 saturated heterocycles. The van der Waals surface area contributed by atoms with E-state index in [1.54, 1.807) is 13.1 Å². The van der Waals surface area contributed by atoms with Crippen LogP contribution in [0.2, 0.25) is 0 Å². The van der Waals surface area contributed by atoms with Crippen LogP contribution in [0.15, 0.2) is 29.3 Å². The van der Waals surface area contributed by atoms with Gasteiger partial charge in [-0.1, -0.05) is 12.1 Å². The summed E-state index contributed by atoms with van der Waals surface area (Å²) in [6.45, 7) is 4.62. The number of nitrogens with one attached hydrogen (secondary N) is 2. The molecule has 0 aliphatic carbocycles. The van der Waals surface area contributed by atoms with Gasteiger partial charge in [0, 0.05) is 25.2 Å². The number of halogens is 1. The van der Waals surface area contributed by atoms with Crippen LogP contribution in [0, 0.1) is 0 Å². The van der Waals surface area contributed by atoms with Gasteiger partial charge in [-0.05, 0) is 38.0 Å². The maximum Gasteiger partial charge on any atom is 0.251 e. The molecule has 0 atom stereocenters. The fraction of sp³-hybridized carbons (Fsp3) is 0.429. The predicted octanol–water partition coefficient (Wildman–Crippen LogP) is 1.52. The third-order valence-corrected chi connectivity index (χ3v) is 2.54. The molecular weight excluding hydrogens is 367 g/mol. The molecular formula is C14H23IN4O. The van der Waals surface area contributed by atoms with Gasteiger partial charge >= 0.3 is 0 Å². The number of benzene rings is 1. The lowest BCUT2D eigenvalue weighted by Gasteiger charge is -2.08. The molecule has 0 spiro atoms. The van der Waals surface area contributed by atoms with Gasteiger partial charge < -0.3 is 16.4 Å². The zero-order valence-electron chi connectivity index (χ0n) is 12.1. The Bertz CT molecular complexity index is 460. The minimum absolute atomic E-state index is 0. The van der Waals surface area contributed by atoms with Crippen LogP contribution in [0.5, 0.6) is 0 Å². The molecule has 0 aromatic heterocycles. The molecule has 0 aliphatic heterocycles. The van der Waals surface area contributed by atoms with Crippen molar-refractivity contribution >= 4 is 35.8 Å². The van der Waals surface area contributed by atoms with Crippen LogP contribution in [-0.2, 0) is 6.42 Å². The first-order chi connectivity index (χ1) is 9.02.